The van der Waals surface area contributed by atoms with Gasteiger partial charge in [0.05, 0.1) is 5.56 Å². The number of rotatable bonds is 9. The monoisotopic (exact) mass is 588 g/mol. The lowest BCUT2D eigenvalue weighted by atomic mass is 9.89. The van der Waals surface area contributed by atoms with Crippen molar-refractivity contribution in [2.45, 2.75) is 123 Å². The molecule has 2 atom stereocenters. The van der Waals surface area contributed by atoms with Crippen molar-refractivity contribution >= 4 is 18.1 Å². The van der Waals surface area contributed by atoms with E-state index in [-0.39, 0.29) is 18.1 Å². The topological polar surface area (TPSA) is 67.9 Å². The van der Waals surface area contributed by atoms with Crippen LogP contribution in [0, 0.1) is 11.8 Å². The maximum absolute atomic E-state index is 13.4. The lowest BCUT2D eigenvalue weighted by Gasteiger charge is -2.38. The number of carbonyl (C=O) groups is 2. The third-order valence-corrected chi connectivity index (χ3v) is 8.17. The predicted octanol–water partition coefficient (Wildman–Crippen LogP) is 8.41. The molecule has 2 aromatic rings. The number of hydrogen-bond acceptors (Lipinski definition) is 5. The first-order valence-electron chi connectivity index (χ1n) is 16.0. The van der Waals surface area contributed by atoms with Crippen LogP contribution in [-0.4, -0.2) is 46.3 Å². The van der Waals surface area contributed by atoms with Crippen molar-refractivity contribution in [3.63, 3.8) is 0 Å². The van der Waals surface area contributed by atoms with Gasteiger partial charge in [0.15, 0.2) is 0 Å². The molecule has 0 spiro atoms. The van der Waals surface area contributed by atoms with E-state index in [1.165, 1.54) is 17.6 Å². The minimum absolute atomic E-state index is 0.109. The largest absolute Gasteiger partial charge is 0.456 e. The van der Waals surface area contributed by atoms with E-state index in [2.05, 4.69) is 55.6 Å². The van der Waals surface area contributed by atoms with E-state index < -0.39 is 11.2 Å². The van der Waals surface area contributed by atoms with Gasteiger partial charge in [-0.15, -0.1) is 0 Å². The van der Waals surface area contributed by atoms with Gasteiger partial charge in [-0.1, -0.05) is 68.0 Å². The molecular formula is C37H52N2O4. The van der Waals surface area contributed by atoms with Crippen molar-refractivity contribution in [1.29, 1.82) is 0 Å². The third-order valence-electron chi connectivity index (χ3n) is 8.17. The highest BCUT2D eigenvalue weighted by molar-refractivity contribution is 5.89. The molecule has 2 unspecified atom stereocenters. The van der Waals surface area contributed by atoms with Gasteiger partial charge in [0.2, 0.25) is 0 Å². The van der Waals surface area contributed by atoms with Gasteiger partial charge in [-0.25, -0.2) is 9.59 Å². The Hall–Kier alpha value is -3.12. The number of amides is 1. The molecular weight excluding hydrogens is 536 g/mol. The van der Waals surface area contributed by atoms with Gasteiger partial charge in [-0.05, 0) is 109 Å². The standard InChI is InChI=1S/C37H52N2O4/c1-25(2)31(22-26-12-10-9-11-13-26)32-23-33(32)38-29-18-20-30(21-19-29)39(35(41)43-37(6,7)8)24-27-14-16-28(17-15-27)34(40)42-36(3,4)5/h9-17,22,25,29-30,32-33,38H,18-21,23-24H2,1-8H3/b31-22+/t29-,30+,32?,33?. The summed E-state index contributed by atoms with van der Waals surface area (Å²) in [5, 5.41) is 3.95. The third kappa shape index (κ3) is 9.96. The molecule has 1 amide bonds. The number of nitrogens with one attached hydrogen (secondary N) is 1. The van der Waals surface area contributed by atoms with E-state index in [4.69, 9.17) is 9.47 Å². The molecule has 0 aliphatic heterocycles. The molecule has 1 N–H and O–H groups in total. The fourth-order valence-electron chi connectivity index (χ4n) is 5.99. The van der Waals surface area contributed by atoms with Gasteiger partial charge < -0.3 is 19.7 Å². The molecule has 0 aromatic heterocycles. The van der Waals surface area contributed by atoms with Gasteiger partial charge in [0.25, 0.3) is 0 Å². The highest BCUT2D eigenvalue weighted by atomic mass is 16.6. The molecule has 6 heteroatoms. The molecule has 4 rings (SSSR count). The van der Waals surface area contributed by atoms with E-state index in [9.17, 15) is 9.59 Å². The number of hydrogen-bond donors (Lipinski definition) is 1. The van der Waals surface area contributed by atoms with Crippen LogP contribution in [0.4, 0.5) is 4.79 Å². The maximum atomic E-state index is 13.4. The molecule has 2 saturated carbocycles. The summed E-state index contributed by atoms with van der Waals surface area (Å²) in [6.07, 6.45) is 7.22. The summed E-state index contributed by atoms with van der Waals surface area (Å²) in [4.78, 5) is 27.8. The zero-order valence-electron chi connectivity index (χ0n) is 27.5. The first-order chi connectivity index (χ1) is 20.2. The van der Waals surface area contributed by atoms with Crippen LogP contribution in [0.15, 0.2) is 60.2 Å². The second-order valence-electron chi connectivity index (χ2n) is 14.6. The predicted molar refractivity (Wildman–Crippen MR) is 174 cm³/mol. The minimum atomic E-state index is -0.572. The first-order valence-corrected chi connectivity index (χ1v) is 16.0. The van der Waals surface area contributed by atoms with Gasteiger partial charge >= 0.3 is 12.1 Å². The first kappa shape index (κ1) is 32.8. The summed E-state index contributed by atoms with van der Waals surface area (Å²) in [6.45, 7) is 16.3. The highest BCUT2D eigenvalue weighted by Gasteiger charge is 2.42. The Bertz CT molecular complexity index is 1250. The molecule has 0 radical (unpaired) electrons. The summed E-state index contributed by atoms with van der Waals surface area (Å²) < 4.78 is 11.3. The van der Waals surface area contributed by atoms with Crippen LogP contribution in [0.2, 0.25) is 0 Å². The van der Waals surface area contributed by atoms with Gasteiger partial charge in [0.1, 0.15) is 11.2 Å². The molecule has 0 bridgehead atoms. The Morgan fingerprint density at radius 2 is 1.49 bits per heavy atom. The van der Waals surface area contributed by atoms with E-state index >= 15 is 0 Å². The number of benzene rings is 2. The Kier molecular flexibility index (Phi) is 10.4. The zero-order valence-corrected chi connectivity index (χ0v) is 27.5. The molecule has 2 aromatic carbocycles. The van der Waals surface area contributed by atoms with Crippen molar-refractivity contribution in [2.75, 3.05) is 0 Å². The molecule has 0 saturated heterocycles. The summed E-state index contributed by atoms with van der Waals surface area (Å²) >= 11 is 0. The van der Waals surface area contributed by atoms with Crippen LogP contribution in [0.25, 0.3) is 6.08 Å². The normalized spacial score (nSPS) is 22.7. The summed E-state index contributed by atoms with van der Waals surface area (Å²) in [7, 11) is 0. The van der Waals surface area contributed by atoms with Crippen LogP contribution in [-0.2, 0) is 16.0 Å². The molecule has 2 fully saturated rings. The molecule has 2 aliphatic rings. The van der Waals surface area contributed by atoms with Crippen molar-refractivity contribution in [2.24, 2.45) is 11.8 Å². The minimum Gasteiger partial charge on any atom is -0.456 e. The fraction of sp³-hybridized carbons (Fsp3) is 0.568. The van der Waals surface area contributed by atoms with E-state index in [0.29, 0.717) is 36.0 Å². The van der Waals surface area contributed by atoms with Gasteiger partial charge in [0, 0.05) is 24.7 Å². The summed E-state index contributed by atoms with van der Waals surface area (Å²) in [5.41, 5.74) is 3.16. The fourth-order valence-corrected chi connectivity index (χ4v) is 5.99. The second kappa shape index (κ2) is 13.7. The van der Waals surface area contributed by atoms with E-state index in [0.717, 1.165) is 31.2 Å². The highest BCUT2D eigenvalue weighted by Crippen LogP contribution is 2.42. The number of esters is 1. The van der Waals surface area contributed by atoms with Crippen LogP contribution in [0.5, 0.6) is 0 Å². The number of ether oxygens (including phenoxy) is 2. The van der Waals surface area contributed by atoms with Crippen LogP contribution >= 0.6 is 0 Å². The average Bonchev–Trinajstić information content (AvgIpc) is 3.68. The SMILES string of the molecule is CC(C)/C(=C\c1ccccc1)C1CC1N[C@H]1CC[C@@H](N(Cc2ccc(C(=O)OC(C)(C)C)cc2)C(=O)OC(C)(C)C)CC1. The molecule has 6 nitrogen and oxygen atoms in total. The second-order valence-corrected chi connectivity index (χ2v) is 14.6. The number of carbonyl (C=O) groups excluding carboxylic acids is 2. The van der Waals surface area contributed by atoms with E-state index in [1.807, 2.05) is 58.6 Å². The summed E-state index contributed by atoms with van der Waals surface area (Å²) in [6, 6.07) is 19.1. The lowest BCUT2D eigenvalue weighted by molar-refractivity contribution is 0.00616. The lowest BCUT2D eigenvalue weighted by Crippen LogP contribution is -2.47. The Morgan fingerprint density at radius 3 is 2.05 bits per heavy atom. The van der Waals surface area contributed by atoms with Gasteiger partial charge in [-0.3, -0.25) is 0 Å². The van der Waals surface area contributed by atoms with Crippen molar-refractivity contribution in [3.05, 3.63) is 76.9 Å². The smallest absolute Gasteiger partial charge is 0.410 e. The van der Waals surface area contributed by atoms with Crippen LogP contribution in [0.1, 0.15) is 109 Å². The van der Waals surface area contributed by atoms with Crippen molar-refractivity contribution in [1.82, 2.24) is 10.2 Å². The molecule has 234 valence electrons. The average molecular weight is 589 g/mol. The van der Waals surface area contributed by atoms with Crippen molar-refractivity contribution < 1.29 is 19.1 Å². The Morgan fingerprint density at radius 1 is 0.884 bits per heavy atom. The number of nitrogens with zero attached hydrogens (tertiary/aromatic N) is 1. The molecule has 43 heavy (non-hydrogen) atoms. The zero-order chi connectivity index (χ0) is 31.4. The van der Waals surface area contributed by atoms with Crippen LogP contribution < -0.4 is 5.32 Å². The molecule has 0 heterocycles. The van der Waals surface area contributed by atoms with Crippen LogP contribution in [0.3, 0.4) is 0 Å². The van der Waals surface area contributed by atoms with Gasteiger partial charge in [-0.2, -0.15) is 0 Å². The maximum Gasteiger partial charge on any atom is 0.410 e. The Balaban J connectivity index is 1.36. The Labute approximate surface area is 259 Å². The quantitative estimate of drug-likeness (QED) is 0.298. The molecule has 2 aliphatic carbocycles. The van der Waals surface area contributed by atoms with Crippen molar-refractivity contribution in [3.8, 4) is 0 Å². The van der Waals surface area contributed by atoms with E-state index in [1.54, 1.807) is 12.1 Å². The summed E-state index contributed by atoms with van der Waals surface area (Å²) in [5.74, 6) is 0.774.